The molecule has 0 radical (unpaired) electrons. The van der Waals surface area contributed by atoms with Crippen molar-refractivity contribution in [1.82, 2.24) is 15.1 Å². The minimum absolute atomic E-state index is 0.192. The van der Waals surface area contributed by atoms with E-state index in [0.29, 0.717) is 23.4 Å². The molecule has 1 aliphatic rings. The van der Waals surface area contributed by atoms with Crippen LogP contribution in [0.1, 0.15) is 11.7 Å². The molecule has 0 aromatic carbocycles. The van der Waals surface area contributed by atoms with Crippen LogP contribution in [0.25, 0.3) is 0 Å². The highest BCUT2D eigenvalue weighted by Crippen LogP contribution is 2.29. The minimum Gasteiger partial charge on any atom is -0.371 e. The molecular weight excluding hydrogens is 272 g/mol. The van der Waals surface area contributed by atoms with Crippen molar-refractivity contribution in [1.29, 1.82) is 0 Å². The standard InChI is InChI=1S/C8H10BrF2N3O/c9-8(10,11)14-5-6(3-13-14)7-4-12-1-2-15-7/h3,5,7,12H,1-2,4H2. The van der Waals surface area contributed by atoms with Gasteiger partial charge in [-0.25, -0.2) is 0 Å². The quantitative estimate of drug-likeness (QED) is 0.834. The Morgan fingerprint density at radius 1 is 1.67 bits per heavy atom. The molecule has 0 aliphatic carbocycles. The maximum Gasteiger partial charge on any atom is 0.400 e. The van der Waals surface area contributed by atoms with Crippen molar-refractivity contribution in [3.05, 3.63) is 18.0 Å². The number of nitrogens with zero attached hydrogens (tertiary/aromatic N) is 2. The van der Waals surface area contributed by atoms with Gasteiger partial charge >= 0.3 is 4.96 Å². The number of hydrogen-bond donors (Lipinski definition) is 1. The van der Waals surface area contributed by atoms with E-state index in [9.17, 15) is 8.78 Å². The van der Waals surface area contributed by atoms with Gasteiger partial charge in [0.1, 0.15) is 0 Å². The van der Waals surface area contributed by atoms with E-state index in [1.807, 2.05) is 0 Å². The van der Waals surface area contributed by atoms with E-state index in [1.54, 1.807) is 0 Å². The highest BCUT2D eigenvalue weighted by atomic mass is 79.9. The maximum absolute atomic E-state index is 12.8. The average Bonchev–Trinajstić information content (AvgIpc) is 2.67. The lowest BCUT2D eigenvalue weighted by Crippen LogP contribution is -2.33. The summed E-state index contributed by atoms with van der Waals surface area (Å²) < 4.78 is 31.6. The van der Waals surface area contributed by atoms with Gasteiger partial charge in [-0.1, -0.05) is 0 Å². The molecule has 0 amide bonds. The third kappa shape index (κ3) is 2.53. The van der Waals surface area contributed by atoms with Crippen LogP contribution in [0.5, 0.6) is 0 Å². The Morgan fingerprint density at radius 2 is 2.47 bits per heavy atom. The molecule has 1 fully saturated rings. The lowest BCUT2D eigenvalue weighted by molar-refractivity contribution is 0.0171. The number of hydrogen-bond acceptors (Lipinski definition) is 3. The third-order valence-electron chi connectivity index (χ3n) is 2.16. The molecule has 4 nitrogen and oxygen atoms in total. The SMILES string of the molecule is FC(F)(Br)n1cc(C2CNCCO2)cn1. The van der Waals surface area contributed by atoms with Crippen LogP contribution < -0.4 is 5.32 Å². The van der Waals surface area contributed by atoms with Crippen LogP contribution in [0, 0.1) is 0 Å². The van der Waals surface area contributed by atoms with Gasteiger partial charge < -0.3 is 10.1 Å². The summed E-state index contributed by atoms with van der Waals surface area (Å²) in [5.41, 5.74) is 0.654. The van der Waals surface area contributed by atoms with Gasteiger partial charge in [-0.2, -0.15) is 18.6 Å². The summed E-state index contributed by atoms with van der Waals surface area (Å²) in [5.74, 6) is 0. The second-order valence-electron chi connectivity index (χ2n) is 3.25. The zero-order chi connectivity index (χ0) is 10.9. The minimum atomic E-state index is -3.15. The molecule has 2 rings (SSSR count). The zero-order valence-corrected chi connectivity index (χ0v) is 9.38. The number of nitrogens with one attached hydrogen (secondary N) is 1. The van der Waals surface area contributed by atoms with Crippen LogP contribution in [0.3, 0.4) is 0 Å². The fourth-order valence-electron chi connectivity index (χ4n) is 1.42. The summed E-state index contributed by atoms with van der Waals surface area (Å²) >= 11 is 2.23. The smallest absolute Gasteiger partial charge is 0.371 e. The summed E-state index contributed by atoms with van der Waals surface area (Å²) in [7, 11) is 0. The van der Waals surface area contributed by atoms with Crippen LogP contribution in [-0.2, 0) is 9.69 Å². The first-order valence-electron chi connectivity index (χ1n) is 4.51. The molecule has 0 spiro atoms. The van der Waals surface area contributed by atoms with E-state index >= 15 is 0 Å². The molecule has 15 heavy (non-hydrogen) atoms. The molecule has 1 saturated heterocycles. The molecule has 0 bridgehead atoms. The molecular formula is C8H10BrF2N3O. The highest BCUT2D eigenvalue weighted by molar-refractivity contribution is 9.09. The van der Waals surface area contributed by atoms with E-state index in [4.69, 9.17) is 4.74 Å². The summed E-state index contributed by atoms with van der Waals surface area (Å²) in [4.78, 5) is -3.15. The summed E-state index contributed by atoms with van der Waals surface area (Å²) in [6.45, 7) is 2.00. The number of rotatable bonds is 2. The first kappa shape index (κ1) is 11.0. The van der Waals surface area contributed by atoms with Gasteiger partial charge in [-0.15, -0.1) is 0 Å². The number of morpholine rings is 1. The van der Waals surface area contributed by atoms with Crippen LogP contribution >= 0.6 is 15.9 Å². The van der Waals surface area contributed by atoms with Gasteiger partial charge in [0.2, 0.25) is 0 Å². The Hall–Kier alpha value is -0.530. The highest BCUT2D eigenvalue weighted by Gasteiger charge is 2.29. The van der Waals surface area contributed by atoms with E-state index in [1.165, 1.54) is 12.4 Å². The Kier molecular flexibility index (Phi) is 3.03. The molecule has 84 valence electrons. The van der Waals surface area contributed by atoms with Gasteiger partial charge in [0.15, 0.2) is 0 Å². The molecule has 1 unspecified atom stereocenters. The second-order valence-corrected chi connectivity index (χ2v) is 4.20. The Labute approximate surface area is 93.7 Å². The topological polar surface area (TPSA) is 39.1 Å². The molecule has 1 aliphatic heterocycles. The molecule has 1 aromatic heterocycles. The van der Waals surface area contributed by atoms with Crippen molar-refractivity contribution in [2.45, 2.75) is 11.1 Å². The van der Waals surface area contributed by atoms with Crippen LogP contribution in [-0.4, -0.2) is 29.5 Å². The van der Waals surface area contributed by atoms with Gasteiger partial charge in [0.05, 0.1) is 18.9 Å². The molecule has 1 atom stereocenters. The largest absolute Gasteiger partial charge is 0.400 e. The van der Waals surface area contributed by atoms with Crippen molar-refractivity contribution < 1.29 is 13.5 Å². The van der Waals surface area contributed by atoms with Gasteiger partial charge in [-0.05, 0) is 0 Å². The van der Waals surface area contributed by atoms with Crippen LogP contribution in [0.15, 0.2) is 12.4 Å². The number of ether oxygens (including phenoxy) is 1. The summed E-state index contributed by atoms with van der Waals surface area (Å²) in [5, 5.41) is 6.69. The lowest BCUT2D eigenvalue weighted by Gasteiger charge is -2.22. The zero-order valence-electron chi connectivity index (χ0n) is 7.79. The van der Waals surface area contributed by atoms with Gasteiger partial charge in [0.25, 0.3) is 0 Å². The van der Waals surface area contributed by atoms with E-state index in [2.05, 4.69) is 26.3 Å². The third-order valence-corrected chi connectivity index (χ3v) is 2.53. The first-order valence-corrected chi connectivity index (χ1v) is 5.31. The number of alkyl halides is 3. The molecule has 7 heteroatoms. The Morgan fingerprint density at radius 3 is 3.00 bits per heavy atom. The summed E-state index contributed by atoms with van der Waals surface area (Å²) in [6, 6.07) is 0. The lowest BCUT2D eigenvalue weighted by atomic mass is 10.2. The second kappa shape index (κ2) is 4.15. The fraction of sp³-hybridized carbons (Fsp3) is 0.625. The molecule has 2 heterocycles. The average molecular weight is 282 g/mol. The van der Waals surface area contributed by atoms with E-state index < -0.39 is 4.96 Å². The first-order chi connectivity index (χ1) is 7.07. The van der Waals surface area contributed by atoms with Gasteiger partial charge in [0, 0.05) is 40.8 Å². The Balaban J connectivity index is 2.12. The van der Waals surface area contributed by atoms with Crippen LogP contribution in [0.4, 0.5) is 8.78 Å². The molecule has 0 saturated carbocycles. The monoisotopic (exact) mass is 281 g/mol. The van der Waals surface area contributed by atoms with Crippen molar-refractivity contribution >= 4 is 15.9 Å². The summed E-state index contributed by atoms with van der Waals surface area (Å²) in [6.07, 6.45) is 2.49. The van der Waals surface area contributed by atoms with Crippen molar-refractivity contribution in [2.24, 2.45) is 0 Å². The number of halogens is 3. The van der Waals surface area contributed by atoms with Crippen molar-refractivity contribution in [3.8, 4) is 0 Å². The van der Waals surface area contributed by atoms with Crippen molar-refractivity contribution in [2.75, 3.05) is 19.7 Å². The van der Waals surface area contributed by atoms with Crippen molar-refractivity contribution in [3.63, 3.8) is 0 Å². The Bertz CT molecular complexity index is 333. The van der Waals surface area contributed by atoms with E-state index in [0.717, 1.165) is 6.54 Å². The predicted octanol–water partition coefficient (Wildman–Crippen LogP) is 1.45. The van der Waals surface area contributed by atoms with Crippen LogP contribution in [0.2, 0.25) is 0 Å². The number of aromatic nitrogens is 2. The molecule has 1 N–H and O–H groups in total. The predicted molar refractivity (Wildman–Crippen MR) is 52.9 cm³/mol. The molecule has 1 aromatic rings. The normalized spacial score (nSPS) is 23.0. The van der Waals surface area contributed by atoms with E-state index in [-0.39, 0.29) is 6.10 Å². The fourth-order valence-corrected chi connectivity index (χ4v) is 1.62. The van der Waals surface area contributed by atoms with Gasteiger partial charge in [-0.3, -0.25) is 0 Å². The maximum atomic E-state index is 12.8.